The van der Waals surface area contributed by atoms with Crippen LogP contribution in [0.15, 0.2) is 67.3 Å². The molecule has 1 fully saturated rings. The summed E-state index contributed by atoms with van der Waals surface area (Å²) in [5.41, 5.74) is 8.48. The zero-order chi connectivity index (χ0) is 27.9. The lowest BCUT2D eigenvalue weighted by molar-refractivity contribution is -0.135. The molecule has 0 aromatic heterocycles. The Labute approximate surface area is 232 Å². The van der Waals surface area contributed by atoms with Crippen LogP contribution in [0.1, 0.15) is 52.4 Å². The van der Waals surface area contributed by atoms with Gasteiger partial charge in [-0.15, -0.1) is 6.58 Å². The Balaban J connectivity index is 1.72. The topological polar surface area (TPSA) is 95.7 Å². The van der Waals surface area contributed by atoms with Gasteiger partial charge in [0.2, 0.25) is 11.8 Å². The van der Waals surface area contributed by atoms with Gasteiger partial charge in [-0.3, -0.25) is 14.4 Å². The average molecular weight is 531 g/mol. The molecule has 39 heavy (non-hydrogen) atoms. The number of para-hydroxylation sites is 3. The first kappa shape index (κ1) is 28.4. The molecule has 3 N–H and O–H groups in total. The summed E-state index contributed by atoms with van der Waals surface area (Å²) in [6.07, 6.45) is 6.99. The quantitative estimate of drug-likeness (QED) is 0.391. The Morgan fingerprint density at radius 1 is 1.03 bits per heavy atom. The fourth-order valence-electron chi connectivity index (χ4n) is 6.08. The van der Waals surface area contributed by atoms with Crippen molar-refractivity contribution < 1.29 is 14.4 Å². The van der Waals surface area contributed by atoms with Crippen molar-refractivity contribution in [2.24, 2.45) is 29.4 Å². The Bertz CT molecular complexity index is 1160. The molecule has 3 amide bonds. The van der Waals surface area contributed by atoms with E-state index < -0.39 is 23.8 Å². The number of allylic oxidation sites excluding steroid dienone is 1. The van der Waals surface area contributed by atoms with E-state index in [4.69, 9.17) is 5.73 Å². The first-order valence-electron chi connectivity index (χ1n) is 14.2. The number of hydrogen-bond donors (Lipinski definition) is 2. The molecule has 0 bridgehead atoms. The van der Waals surface area contributed by atoms with Crippen LogP contribution in [0.4, 0.5) is 17.1 Å². The minimum Gasteiger partial charge on any atom is -0.369 e. The van der Waals surface area contributed by atoms with E-state index in [0.29, 0.717) is 25.3 Å². The van der Waals surface area contributed by atoms with Gasteiger partial charge in [0.15, 0.2) is 0 Å². The summed E-state index contributed by atoms with van der Waals surface area (Å²) >= 11 is 0. The standard InChI is InChI=1S/C32H42N4O3/c1-4-12-25(30(33)37)26(19-22(2)3)31(38)34-27-21-35(24-15-6-5-7-16-24)28-17-10-11-18-29(28)36(32(27)39)20-23-13-8-9-14-23/h4-7,10-11,15-18,22-23,25-27H,1,8-9,12-14,19-21H2,2-3H3,(H2,33,37)(H,34,38). The number of nitrogens with two attached hydrogens (primary N) is 1. The van der Waals surface area contributed by atoms with Gasteiger partial charge >= 0.3 is 0 Å². The number of anilines is 3. The van der Waals surface area contributed by atoms with Crippen molar-refractivity contribution in [3.63, 3.8) is 0 Å². The predicted octanol–water partition coefficient (Wildman–Crippen LogP) is 5.19. The Hall–Kier alpha value is -3.61. The van der Waals surface area contributed by atoms with Crippen LogP contribution in [0.2, 0.25) is 0 Å². The van der Waals surface area contributed by atoms with Gasteiger partial charge in [0.1, 0.15) is 6.04 Å². The Kier molecular flexibility index (Phi) is 9.44. The normalized spacial score (nSPS) is 19.4. The first-order chi connectivity index (χ1) is 18.8. The molecule has 2 aromatic carbocycles. The van der Waals surface area contributed by atoms with E-state index in [-0.39, 0.29) is 24.3 Å². The monoisotopic (exact) mass is 530 g/mol. The average Bonchev–Trinajstić information content (AvgIpc) is 3.41. The fourth-order valence-corrected chi connectivity index (χ4v) is 6.08. The van der Waals surface area contributed by atoms with Crippen LogP contribution in [0.25, 0.3) is 0 Å². The van der Waals surface area contributed by atoms with Gasteiger partial charge in [-0.05, 0) is 61.8 Å². The number of nitrogens with zero attached hydrogens (tertiary/aromatic N) is 2. The minimum absolute atomic E-state index is 0.122. The van der Waals surface area contributed by atoms with Crippen molar-refractivity contribution in [3.05, 3.63) is 67.3 Å². The highest BCUT2D eigenvalue weighted by Gasteiger charge is 2.39. The van der Waals surface area contributed by atoms with Crippen molar-refractivity contribution in [3.8, 4) is 0 Å². The molecule has 1 saturated carbocycles. The van der Waals surface area contributed by atoms with Crippen LogP contribution in [-0.2, 0) is 14.4 Å². The van der Waals surface area contributed by atoms with E-state index in [2.05, 4.69) is 16.8 Å². The fraction of sp³-hybridized carbons (Fsp3) is 0.469. The summed E-state index contributed by atoms with van der Waals surface area (Å²) < 4.78 is 0. The SMILES string of the molecule is C=CCC(C(N)=O)C(CC(C)C)C(=O)NC1CN(c2ccccc2)c2ccccc2N(CC2CCCC2)C1=O. The molecule has 0 saturated heterocycles. The molecule has 208 valence electrons. The molecule has 7 nitrogen and oxygen atoms in total. The molecule has 4 rings (SSSR count). The zero-order valence-electron chi connectivity index (χ0n) is 23.2. The molecular weight excluding hydrogens is 488 g/mol. The molecular formula is C32H42N4O3. The molecule has 7 heteroatoms. The summed E-state index contributed by atoms with van der Waals surface area (Å²) in [6.45, 7) is 8.70. The highest BCUT2D eigenvalue weighted by molar-refractivity contribution is 6.04. The third-order valence-corrected chi connectivity index (χ3v) is 8.03. The third-order valence-electron chi connectivity index (χ3n) is 8.03. The lowest BCUT2D eigenvalue weighted by Gasteiger charge is -2.30. The summed E-state index contributed by atoms with van der Waals surface area (Å²) in [6, 6.07) is 17.1. The van der Waals surface area contributed by atoms with Crippen molar-refractivity contribution in [2.75, 3.05) is 22.9 Å². The van der Waals surface area contributed by atoms with Crippen LogP contribution in [-0.4, -0.2) is 36.9 Å². The number of carbonyl (C=O) groups excluding carboxylic acids is 3. The molecule has 1 aliphatic carbocycles. The molecule has 3 atom stereocenters. The van der Waals surface area contributed by atoms with Crippen molar-refractivity contribution in [2.45, 2.75) is 58.4 Å². The number of carbonyl (C=O) groups is 3. The van der Waals surface area contributed by atoms with E-state index >= 15 is 0 Å². The molecule has 3 unspecified atom stereocenters. The lowest BCUT2D eigenvalue weighted by atomic mass is 9.82. The van der Waals surface area contributed by atoms with Crippen molar-refractivity contribution in [1.29, 1.82) is 0 Å². The second-order valence-corrected chi connectivity index (χ2v) is 11.4. The van der Waals surface area contributed by atoms with Crippen LogP contribution in [0.5, 0.6) is 0 Å². The largest absolute Gasteiger partial charge is 0.369 e. The number of primary amides is 1. The number of nitrogens with one attached hydrogen (secondary N) is 1. The maximum Gasteiger partial charge on any atom is 0.251 e. The second kappa shape index (κ2) is 13.0. The van der Waals surface area contributed by atoms with Gasteiger partial charge in [-0.25, -0.2) is 0 Å². The summed E-state index contributed by atoms with van der Waals surface area (Å²) in [5, 5.41) is 3.08. The van der Waals surface area contributed by atoms with E-state index in [1.54, 1.807) is 6.08 Å². The summed E-state index contributed by atoms with van der Waals surface area (Å²) in [7, 11) is 0. The first-order valence-corrected chi connectivity index (χ1v) is 14.2. The molecule has 1 aliphatic heterocycles. The molecule has 1 heterocycles. The minimum atomic E-state index is -0.793. The molecule has 2 aliphatic rings. The van der Waals surface area contributed by atoms with Crippen LogP contribution >= 0.6 is 0 Å². The van der Waals surface area contributed by atoms with Gasteiger partial charge in [-0.1, -0.05) is 63.1 Å². The van der Waals surface area contributed by atoms with Crippen LogP contribution in [0.3, 0.4) is 0 Å². The van der Waals surface area contributed by atoms with E-state index in [0.717, 1.165) is 29.9 Å². The van der Waals surface area contributed by atoms with E-state index in [1.807, 2.05) is 73.3 Å². The van der Waals surface area contributed by atoms with Gasteiger partial charge in [0.25, 0.3) is 5.91 Å². The van der Waals surface area contributed by atoms with Crippen molar-refractivity contribution >= 4 is 34.8 Å². The third kappa shape index (κ3) is 6.70. The maximum absolute atomic E-state index is 14.3. The smallest absolute Gasteiger partial charge is 0.251 e. The van der Waals surface area contributed by atoms with Gasteiger partial charge in [0, 0.05) is 12.2 Å². The summed E-state index contributed by atoms with van der Waals surface area (Å²) in [4.78, 5) is 44.5. The highest BCUT2D eigenvalue weighted by atomic mass is 16.2. The Morgan fingerprint density at radius 2 is 1.67 bits per heavy atom. The van der Waals surface area contributed by atoms with Crippen LogP contribution in [0, 0.1) is 23.7 Å². The van der Waals surface area contributed by atoms with Gasteiger partial charge in [-0.2, -0.15) is 0 Å². The molecule has 2 aromatic rings. The number of amides is 3. The number of hydrogen-bond acceptors (Lipinski definition) is 4. The number of fused-ring (bicyclic) bond motifs is 1. The van der Waals surface area contributed by atoms with Gasteiger partial charge in [0.05, 0.1) is 29.8 Å². The highest BCUT2D eigenvalue weighted by Crippen LogP contribution is 2.39. The van der Waals surface area contributed by atoms with Crippen LogP contribution < -0.4 is 20.9 Å². The predicted molar refractivity (Wildman–Crippen MR) is 157 cm³/mol. The van der Waals surface area contributed by atoms with E-state index in [9.17, 15) is 14.4 Å². The number of benzene rings is 2. The number of rotatable bonds is 11. The maximum atomic E-state index is 14.3. The lowest BCUT2D eigenvalue weighted by Crippen LogP contribution is -2.54. The second-order valence-electron chi connectivity index (χ2n) is 11.4. The Morgan fingerprint density at radius 3 is 2.28 bits per heavy atom. The molecule has 0 radical (unpaired) electrons. The zero-order valence-corrected chi connectivity index (χ0v) is 23.2. The molecule has 0 spiro atoms. The van der Waals surface area contributed by atoms with Gasteiger partial charge < -0.3 is 20.9 Å². The summed E-state index contributed by atoms with van der Waals surface area (Å²) in [5.74, 6) is -1.68. The van der Waals surface area contributed by atoms with E-state index in [1.165, 1.54) is 12.8 Å². The van der Waals surface area contributed by atoms with Crippen molar-refractivity contribution in [1.82, 2.24) is 5.32 Å².